The van der Waals surface area contributed by atoms with E-state index in [9.17, 15) is 0 Å². The van der Waals surface area contributed by atoms with Crippen LogP contribution in [0.5, 0.6) is 5.75 Å². The molecule has 0 spiro atoms. The predicted octanol–water partition coefficient (Wildman–Crippen LogP) is 2.72. The lowest BCUT2D eigenvalue weighted by Crippen LogP contribution is -2.39. The molecule has 0 saturated heterocycles. The Kier molecular flexibility index (Phi) is 4.17. The van der Waals surface area contributed by atoms with Gasteiger partial charge in [0.2, 0.25) is 0 Å². The lowest BCUT2D eigenvalue weighted by molar-refractivity contribution is 0.288. The molecule has 0 radical (unpaired) electrons. The fourth-order valence-corrected chi connectivity index (χ4v) is 3.35. The molecule has 1 aromatic heterocycles. The van der Waals surface area contributed by atoms with Crippen molar-refractivity contribution < 1.29 is 4.74 Å². The largest absolute Gasteiger partial charge is 0.492 e. The van der Waals surface area contributed by atoms with Crippen LogP contribution < -0.4 is 10.1 Å². The van der Waals surface area contributed by atoms with Crippen LogP contribution in [0.3, 0.4) is 0 Å². The molecule has 4 rings (SSSR count). The number of hydrogen-bond acceptors (Lipinski definition) is 4. The van der Waals surface area contributed by atoms with Crippen LogP contribution >= 0.6 is 0 Å². The lowest BCUT2D eigenvalue weighted by Gasteiger charge is -2.23. The molecule has 1 unspecified atom stereocenters. The van der Waals surface area contributed by atoms with Crippen molar-refractivity contribution in [2.24, 2.45) is 0 Å². The summed E-state index contributed by atoms with van der Waals surface area (Å²) in [6.07, 6.45) is 2.09. The Morgan fingerprint density at radius 3 is 3.04 bits per heavy atom. The number of hydrogen-bond donors (Lipinski definition) is 1. The number of ether oxygens (including phenoxy) is 1. The first-order valence-electron chi connectivity index (χ1n) is 8.54. The molecule has 0 amide bonds. The van der Waals surface area contributed by atoms with Crippen molar-refractivity contribution in [2.45, 2.75) is 32.4 Å². The number of benzene rings is 2. The summed E-state index contributed by atoms with van der Waals surface area (Å²) in [7, 11) is 0. The molecule has 0 fully saturated rings. The SMILES string of the molecule is Cc1nc2n(n1)CC(NCCOc1cccc3ccccc13)CC2. The van der Waals surface area contributed by atoms with Crippen molar-refractivity contribution in [1.82, 2.24) is 20.1 Å². The Bertz CT molecular complexity index is 837. The summed E-state index contributed by atoms with van der Waals surface area (Å²) in [6.45, 7) is 4.33. The Morgan fingerprint density at radius 1 is 1.21 bits per heavy atom. The van der Waals surface area contributed by atoms with Crippen molar-refractivity contribution in [1.29, 1.82) is 0 Å². The zero-order valence-electron chi connectivity index (χ0n) is 13.9. The van der Waals surface area contributed by atoms with Crippen LogP contribution in [0.2, 0.25) is 0 Å². The van der Waals surface area contributed by atoms with Gasteiger partial charge in [-0.3, -0.25) is 0 Å². The van der Waals surface area contributed by atoms with Crippen LogP contribution in [0, 0.1) is 6.92 Å². The van der Waals surface area contributed by atoms with Crippen LogP contribution in [0.15, 0.2) is 42.5 Å². The third-order valence-electron chi connectivity index (χ3n) is 4.51. The van der Waals surface area contributed by atoms with Gasteiger partial charge >= 0.3 is 0 Å². The summed E-state index contributed by atoms with van der Waals surface area (Å²) < 4.78 is 8.02. The highest BCUT2D eigenvalue weighted by Gasteiger charge is 2.20. The second-order valence-corrected chi connectivity index (χ2v) is 6.27. The number of nitrogens with one attached hydrogen (secondary N) is 1. The second kappa shape index (κ2) is 6.61. The van der Waals surface area contributed by atoms with Gasteiger partial charge in [0.1, 0.15) is 24.0 Å². The number of aromatic nitrogens is 3. The Morgan fingerprint density at radius 2 is 2.08 bits per heavy atom. The summed E-state index contributed by atoms with van der Waals surface area (Å²) in [5.74, 6) is 2.93. The second-order valence-electron chi connectivity index (χ2n) is 6.27. The Hall–Kier alpha value is -2.40. The minimum Gasteiger partial charge on any atom is -0.492 e. The van der Waals surface area contributed by atoms with Gasteiger partial charge in [-0.1, -0.05) is 36.4 Å². The average Bonchev–Trinajstić information content (AvgIpc) is 2.98. The van der Waals surface area contributed by atoms with E-state index in [0.29, 0.717) is 12.6 Å². The Labute approximate surface area is 141 Å². The maximum absolute atomic E-state index is 5.99. The van der Waals surface area contributed by atoms with Gasteiger partial charge < -0.3 is 10.1 Å². The summed E-state index contributed by atoms with van der Waals surface area (Å²) in [6, 6.07) is 14.9. The van der Waals surface area contributed by atoms with E-state index in [1.165, 1.54) is 10.8 Å². The van der Waals surface area contributed by atoms with E-state index in [0.717, 1.165) is 43.3 Å². The van der Waals surface area contributed by atoms with E-state index in [1.807, 2.05) is 29.8 Å². The summed E-state index contributed by atoms with van der Waals surface area (Å²) in [5, 5.41) is 10.4. The van der Waals surface area contributed by atoms with Crippen molar-refractivity contribution >= 4 is 10.8 Å². The molecule has 124 valence electrons. The first-order valence-corrected chi connectivity index (χ1v) is 8.54. The van der Waals surface area contributed by atoms with E-state index >= 15 is 0 Å². The zero-order valence-corrected chi connectivity index (χ0v) is 13.9. The topological polar surface area (TPSA) is 52.0 Å². The van der Waals surface area contributed by atoms with Crippen molar-refractivity contribution in [3.8, 4) is 5.75 Å². The van der Waals surface area contributed by atoms with Crippen LogP contribution in [0.25, 0.3) is 10.8 Å². The third-order valence-corrected chi connectivity index (χ3v) is 4.51. The first kappa shape index (κ1) is 15.1. The molecule has 2 aromatic carbocycles. The third kappa shape index (κ3) is 3.12. The maximum atomic E-state index is 5.99. The summed E-state index contributed by atoms with van der Waals surface area (Å²) >= 11 is 0. The number of fused-ring (bicyclic) bond motifs is 2. The van der Waals surface area contributed by atoms with Crippen molar-refractivity contribution in [3.05, 3.63) is 54.1 Å². The molecule has 2 heterocycles. The molecule has 0 bridgehead atoms. The van der Waals surface area contributed by atoms with Gasteiger partial charge in [0.05, 0.1) is 6.54 Å². The quantitative estimate of drug-likeness (QED) is 0.734. The predicted molar refractivity (Wildman–Crippen MR) is 94.3 cm³/mol. The zero-order chi connectivity index (χ0) is 16.4. The monoisotopic (exact) mass is 322 g/mol. The highest BCUT2D eigenvalue weighted by atomic mass is 16.5. The van der Waals surface area contributed by atoms with Gasteiger partial charge in [-0.15, -0.1) is 0 Å². The van der Waals surface area contributed by atoms with E-state index in [4.69, 9.17) is 4.74 Å². The Balaban J connectivity index is 1.30. The molecule has 5 heteroatoms. The van der Waals surface area contributed by atoms with Crippen LogP contribution in [0.4, 0.5) is 0 Å². The fraction of sp³-hybridized carbons (Fsp3) is 0.368. The standard InChI is InChI=1S/C19H22N4O/c1-14-21-19-10-9-16(13-23(19)22-14)20-11-12-24-18-8-4-6-15-5-2-3-7-17(15)18/h2-8,16,20H,9-13H2,1H3. The first-order chi connectivity index (χ1) is 11.8. The van der Waals surface area contributed by atoms with Crippen molar-refractivity contribution in [2.75, 3.05) is 13.2 Å². The average molecular weight is 322 g/mol. The molecular formula is C19H22N4O. The number of aryl methyl sites for hydroxylation is 2. The van der Waals surface area contributed by atoms with E-state index in [-0.39, 0.29) is 0 Å². The minimum absolute atomic E-state index is 0.440. The molecule has 1 aliphatic heterocycles. The molecule has 1 N–H and O–H groups in total. The molecule has 0 aliphatic carbocycles. The molecule has 5 nitrogen and oxygen atoms in total. The van der Waals surface area contributed by atoms with Gasteiger partial charge in [-0.25, -0.2) is 9.67 Å². The minimum atomic E-state index is 0.440. The summed E-state index contributed by atoms with van der Waals surface area (Å²) in [4.78, 5) is 4.45. The normalized spacial score (nSPS) is 17.0. The maximum Gasteiger partial charge on any atom is 0.147 e. The van der Waals surface area contributed by atoms with Crippen molar-refractivity contribution in [3.63, 3.8) is 0 Å². The van der Waals surface area contributed by atoms with Crippen LogP contribution in [-0.2, 0) is 13.0 Å². The molecule has 3 aromatic rings. The van der Waals surface area contributed by atoms with E-state index in [1.54, 1.807) is 0 Å². The van der Waals surface area contributed by atoms with Crippen LogP contribution in [-0.4, -0.2) is 34.0 Å². The van der Waals surface area contributed by atoms with E-state index in [2.05, 4.69) is 39.7 Å². The van der Waals surface area contributed by atoms with Gasteiger partial charge in [0.25, 0.3) is 0 Å². The fourth-order valence-electron chi connectivity index (χ4n) is 3.35. The summed E-state index contributed by atoms with van der Waals surface area (Å²) in [5.41, 5.74) is 0. The van der Waals surface area contributed by atoms with Gasteiger partial charge in [0, 0.05) is 24.4 Å². The number of rotatable bonds is 5. The highest BCUT2D eigenvalue weighted by molar-refractivity contribution is 5.88. The van der Waals surface area contributed by atoms with Gasteiger partial charge in [-0.2, -0.15) is 5.10 Å². The van der Waals surface area contributed by atoms with Gasteiger partial charge in [-0.05, 0) is 24.8 Å². The molecule has 0 saturated carbocycles. The highest BCUT2D eigenvalue weighted by Crippen LogP contribution is 2.24. The van der Waals surface area contributed by atoms with E-state index < -0.39 is 0 Å². The smallest absolute Gasteiger partial charge is 0.147 e. The lowest BCUT2D eigenvalue weighted by atomic mass is 10.1. The molecule has 1 atom stereocenters. The van der Waals surface area contributed by atoms with Crippen LogP contribution in [0.1, 0.15) is 18.1 Å². The number of nitrogens with zero attached hydrogens (tertiary/aromatic N) is 3. The molecule has 1 aliphatic rings. The molecular weight excluding hydrogens is 300 g/mol. The molecule has 24 heavy (non-hydrogen) atoms. The van der Waals surface area contributed by atoms with Gasteiger partial charge in [0.15, 0.2) is 0 Å².